The quantitative estimate of drug-likeness (QED) is 0.434. The van der Waals surface area contributed by atoms with Crippen molar-refractivity contribution >= 4 is 34.6 Å². The first kappa shape index (κ1) is 27.3. The van der Waals surface area contributed by atoms with Gasteiger partial charge >= 0.3 is 37.7 Å². The van der Waals surface area contributed by atoms with E-state index in [0.29, 0.717) is 11.8 Å². The molecule has 2 aromatic heterocycles. The molecule has 12 heteroatoms. The molecule has 4 rings (SSSR count). The van der Waals surface area contributed by atoms with Gasteiger partial charge in [-0.3, -0.25) is 0 Å². The van der Waals surface area contributed by atoms with Gasteiger partial charge in [-0.05, 0) is 25.7 Å². The second-order valence-electron chi connectivity index (χ2n) is 6.50. The molecule has 8 nitrogen and oxygen atoms in total. The number of carboxylic acids is 2. The van der Waals surface area contributed by atoms with Crippen molar-refractivity contribution in [1.29, 1.82) is 0 Å². The Morgan fingerprint density at radius 1 is 0.767 bits per heavy atom. The predicted octanol–water partition coefficient (Wildman–Crippen LogP) is -5.19. The van der Waals surface area contributed by atoms with Crippen molar-refractivity contribution in [2.24, 2.45) is 0 Å². The Hall–Kier alpha value is -0.685. The molecule has 0 atom stereocenters. The maximum absolute atomic E-state index is 10.5. The number of nitrogens with zero attached hydrogens (tertiary/aromatic N) is 2. The molecule has 0 unspecified atom stereocenters. The fourth-order valence-electron chi connectivity index (χ4n) is 3.12. The minimum absolute atomic E-state index is 0. The molecule has 30 heavy (non-hydrogen) atoms. The Bertz CT molecular complexity index is 738. The van der Waals surface area contributed by atoms with Crippen molar-refractivity contribution < 1.29 is 67.0 Å². The molecule has 0 radical (unpaired) electrons. The van der Waals surface area contributed by atoms with Gasteiger partial charge in [0, 0.05) is 49.0 Å². The van der Waals surface area contributed by atoms with E-state index in [1.54, 1.807) is 10.8 Å². The van der Waals surface area contributed by atoms with E-state index in [1.165, 1.54) is 0 Å². The van der Waals surface area contributed by atoms with E-state index in [4.69, 9.17) is 9.47 Å². The molecule has 2 saturated heterocycles. The summed E-state index contributed by atoms with van der Waals surface area (Å²) < 4.78 is 10.4. The Balaban J connectivity index is 0.000000281. The monoisotopic (exact) mass is 438 g/mol. The van der Waals surface area contributed by atoms with Crippen LogP contribution in [0.4, 0.5) is 0 Å². The average molecular weight is 438 g/mol. The number of aromatic carboxylic acids is 2. The molecular formula is C18H20Li2N2O6S2. The van der Waals surface area contributed by atoms with Gasteiger partial charge in [-0.2, -0.15) is 0 Å². The average Bonchev–Trinajstić information content (AvgIpc) is 3.40. The summed E-state index contributed by atoms with van der Waals surface area (Å²) in [6.07, 6.45) is 3.71. The summed E-state index contributed by atoms with van der Waals surface area (Å²) in [5, 5.41) is 24.8. The summed E-state index contributed by atoms with van der Waals surface area (Å²) in [5.41, 5.74) is 1.75. The van der Waals surface area contributed by atoms with Crippen LogP contribution in [0.5, 0.6) is 0 Å². The SMILES string of the molecule is O=C([O-])c1nc(C2CCOCC2)cs1.O=C([O-])c1nc(C2CCOCC2)cs1.[Li+].[Li+]. The van der Waals surface area contributed by atoms with Crippen LogP contribution in [0.2, 0.25) is 0 Å². The molecule has 0 aliphatic carbocycles. The van der Waals surface area contributed by atoms with Crippen molar-refractivity contribution in [3.8, 4) is 0 Å². The summed E-state index contributed by atoms with van der Waals surface area (Å²) >= 11 is 2.27. The first-order valence-electron chi connectivity index (χ1n) is 9.03. The molecule has 4 heterocycles. The van der Waals surface area contributed by atoms with Gasteiger partial charge in [-0.1, -0.05) is 0 Å². The van der Waals surface area contributed by atoms with E-state index in [-0.39, 0.29) is 47.7 Å². The van der Waals surface area contributed by atoms with Crippen LogP contribution in [0.3, 0.4) is 0 Å². The Morgan fingerprint density at radius 3 is 1.37 bits per heavy atom. The molecule has 0 spiro atoms. The molecule has 2 aromatic rings. The molecule has 0 N–H and O–H groups in total. The van der Waals surface area contributed by atoms with Gasteiger partial charge in [0.15, 0.2) is 0 Å². The van der Waals surface area contributed by atoms with Crippen LogP contribution in [0.25, 0.3) is 0 Å². The van der Waals surface area contributed by atoms with E-state index < -0.39 is 11.9 Å². The predicted molar refractivity (Wildman–Crippen MR) is 98.5 cm³/mol. The van der Waals surface area contributed by atoms with Crippen LogP contribution in [-0.4, -0.2) is 48.3 Å². The third-order valence-corrected chi connectivity index (χ3v) is 6.35. The van der Waals surface area contributed by atoms with E-state index >= 15 is 0 Å². The second kappa shape index (κ2) is 13.7. The van der Waals surface area contributed by atoms with E-state index in [2.05, 4.69) is 9.97 Å². The van der Waals surface area contributed by atoms with Gasteiger partial charge < -0.3 is 29.3 Å². The molecular weight excluding hydrogens is 418 g/mol. The van der Waals surface area contributed by atoms with Crippen LogP contribution < -0.4 is 47.9 Å². The normalized spacial score (nSPS) is 17.1. The van der Waals surface area contributed by atoms with Crippen molar-refractivity contribution in [2.45, 2.75) is 37.5 Å². The maximum Gasteiger partial charge on any atom is 1.00 e. The zero-order chi connectivity index (χ0) is 19.9. The van der Waals surface area contributed by atoms with Crippen LogP contribution in [0.1, 0.15) is 68.5 Å². The molecule has 0 saturated carbocycles. The summed E-state index contributed by atoms with van der Waals surface area (Å²) in [6.45, 7) is 2.96. The van der Waals surface area contributed by atoms with E-state index in [1.807, 2.05) is 0 Å². The Kier molecular flexibility index (Phi) is 12.5. The molecule has 0 aromatic carbocycles. The number of thiazole rings is 2. The van der Waals surface area contributed by atoms with Gasteiger partial charge in [0.05, 0.1) is 11.4 Å². The Labute approximate surface area is 206 Å². The third-order valence-electron chi connectivity index (χ3n) is 4.67. The standard InChI is InChI=1S/2C9H11NO3S.2Li/c2*11-9(12)8-10-7(5-14-8)6-1-3-13-4-2-6;;/h2*5-6H,1-4H2,(H,11,12);;/q;;2*+1/p-2. The first-order chi connectivity index (χ1) is 13.5. The number of hydrogen-bond acceptors (Lipinski definition) is 10. The number of carboxylic acid groups (broad SMARTS) is 2. The van der Waals surface area contributed by atoms with Gasteiger partial charge in [0.25, 0.3) is 0 Å². The van der Waals surface area contributed by atoms with E-state index in [9.17, 15) is 19.8 Å². The zero-order valence-electron chi connectivity index (χ0n) is 17.1. The van der Waals surface area contributed by atoms with Gasteiger partial charge in [0.1, 0.15) is 22.0 Å². The van der Waals surface area contributed by atoms with Crippen molar-refractivity contribution in [3.05, 3.63) is 32.2 Å². The van der Waals surface area contributed by atoms with Crippen LogP contribution in [0, 0.1) is 0 Å². The molecule has 2 fully saturated rings. The summed E-state index contributed by atoms with van der Waals surface area (Å²) in [4.78, 5) is 29.1. The largest absolute Gasteiger partial charge is 1.00 e. The molecule has 2 aliphatic heterocycles. The summed E-state index contributed by atoms with van der Waals surface area (Å²) in [5.74, 6) is -1.66. The second-order valence-corrected chi connectivity index (χ2v) is 8.22. The van der Waals surface area contributed by atoms with Crippen LogP contribution >= 0.6 is 22.7 Å². The number of carbonyl (C=O) groups is 2. The molecule has 2 aliphatic rings. The van der Waals surface area contributed by atoms with Crippen molar-refractivity contribution in [2.75, 3.05) is 26.4 Å². The molecule has 0 bridgehead atoms. The zero-order valence-corrected chi connectivity index (χ0v) is 18.8. The van der Waals surface area contributed by atoms with Gasteiger partial charge in [-0.25, -0.2) is 9.97 Å². The summed E-state index contributed by atoms with van der Waals surface area (Å²) in [7, 11) is 0. The maximum atomic E-state index is 10.5. The topological polar surface area (TPSA) is 124 Å². The van der Waals surface area contributed by atoms with E-state index in [0.717, 1.165) is 86.2 Å². The molecule has 0 amide bonds. The van der Waals surface area contributed by atoms with Gasteiger partial charge in [0.2, 0.25) is 0 Å². The van der Waals surface area contributed by atoms with Crippen molar-refractivity contribution in [1.82, 2.24) is 9.97 Å². The number of carbonyl (C=O) groups excluding carboxylic acids is 2. The Morgan fingerprint density at radius 2 is 1.10 bits per heavy atom. The minimum Gasteiger partial charge on any atom is -0.542 e. The molecule has 152 valence electrons. The number of hydrogen-bond donors (Lipinski definition) is 0. The smallest absolute Gasteiger partial charge is 0.542 e. The van der Waals surface area contributed by atoms with Crippen LogP contribution in [0.15, 0.2) is 10.8 Å². The number of aromatic nitrogens is 2. The summed E-state index contributed by atoms with van der Waals surface area (Å²) in [6, 6.07) is 0. The number of rotatable bonds is 4. The fourth-order valence-corrected chi connectivity index (χ4v) is 4.59. The third kappa shape index (κ3) is 7.78. The van der Waals surface area contributed by atoms with Crippen molar-refractivity contribution in [3.63, 3.8) is 0 Å². The van der Waals surface area contributed by atoms with Crippen LogP contribution in [-0.2, 0) is 9.47 Å². The minimum atomic E-state index is -1.19. The first-order valence-corrected chi connectivity index (χ1v) is 10.8. The fraction of sp³-hybridized carbons (Fsp3) is 0.556. The van der Waals surface area contributed by atoms with Gasteiger partial charge in [-0.15, -0.1) is 22.7 Å². The number of ether oxygens (including phenoxy) is 2.